The quantitative estimate of drug-likeness (QED) is 0.754. The Kier molecular flexibility index (Phi) is 2.58. The number of fused-ring (bicyclic) bond motifs is 1. The van der Waals surface area contributed by atoms with Crippen molar-refractivity contribution in [3.8, 4) is 0 Å². The molecule has 16 heavy (non-hydrogen) atoms. The molecule has 2 nitrogen and oxygen atoms in total. The van der Waals surface area contributed by atoms with Gasteiger partial charge in [0.1, 0.15) is 5.65 Å². The molecular formula is C10H8ClF3N2. The van der Waals surface area contributed by atoms with Gasteiger partial charge in [-0.3, -0.25) is 0 Å². The lowest BCUT2D eigenvalue weighted by Gasteiger charge is -2.02. The lowest BCUT2D eigenvalue weighted by molar-refractivity contribution is -0.140. The predicted octanol–water partition coefficient (Wildman–Crippen LogP) is 3.57. The Morgan fingerprint density at radius 3 is 2.69 bits per heavy atom. The first-order chi connectivity index (χ1) is 7.43. The standard InChI is InChI=1S/C10H8ClF3N2/c1-2-6-7(11)3-4-16-5-8(10(12,13)14)15-9(6)16/h3-5H,2H2,1H3. The molecule has 86 valence electrons. The SMILES string of the molecule is CCc1c(Cl)ccn2cc(C(F)(F)F)nc12. The van der Waals surface area contributed by atoms with Crippen molar-refractivity contribution in [2.75, 3.05) is 0 Å². The lowest BCUT2D eigenvalue weighted by Crippen LogP contribution is -2.04. The number of alkyl halides is 3. The third-order valence-electron chi connectivity index (χ3n) is 2.32. The minimum atomic E-state index is -4.43. The molecule has 0 aliphatic rings. The van der Waals surface area contributed by atoms with Crippen molar-refractivity contribution in [1.29, 1.82) is 0 Å². The molecule has 2 heterocycles. The van der Waals surface area contributed by atoms with E-state index in [1.165, 1.54) is 10.6 Å². The summed E-state index contributed by atoms with van der Waals surface area (Å²) in [6.45, 7) is 1.82. The second-order valence-corrected chi connectivity index (χ2v) is 3.76. The van der Waals surface area contributed by atoms with Crippen LogP contribution in [0.25, 0.3) is 5.65 Å². The molecule has 0 aliphatic heterocycles. The second kappa shape index (κ2) is 3.66. The predicted molar refractivity (Wildman–Crippen MR) is 54.6 cm³/mol. The average Bonchev–Trinajstić information content (AvgIpc) is 2.60. The number of aromatic nitrogens is 2. The molecule has 2 aromatic heterocycles. The molecule has 0 unspecified atom stereocenters. The number of hydrogen-bond donors (Lipinski definition) is 0. The van der Waals surface area contributed by atoms with Gasteiger partial charge >= 0.3 is 6.18 Å². The molecule has 2 aromatic rings. The van der Waals surface area contributed by atoms with E-state index in [-0.39, 0.29) is 5.65 Å². The maximum absolute atomic E-state index is 12.5. The highest BCUT2D eigenvalue weighted by molar-refractivity contribution is 6.31. The lowest BCUT2D eigenvalue weighted by atomic mass is 10.2. The second-order valence-electron chi connectivity index (χ2n) is 3.35. The fourth-order valence-corrected chi connectivity index (χ4v) is 1.82. The Balaban J connectivity index is 2.71. The van der Waals surface area contributed by atoms with Crippen molar-refractivity contribution in [3.05, 3.63) is 34.7 Å². The van der Waals surface area contributed by atoms with Crippen LogP contribution in [0.4, 0.5) is 13.2 Å². The maximum Gasteiger partial charge on any atom is 0.434 e. The normalized spacial score (nSPS) is 12.3. The first kappa shape index (κ1) is 11.3. The van der Waals surface area contributed by atoms with Crippen LogP contribution in [0.3, 0.4) is 0 Å². The largest absolute Gasteiger partial charge is 0.434 e. The molecule has 0 spiro atoms. The number of imidazole rings is 1. The Hall–Kier alpha value is -1.23. The summed E-state index contributed by atoms with van der Waals surface area (Å²) >= 11 is 5.89. The van der Waals surface area contributed by atoms with Crippen LogP contribution in [-0.2, 0) is 12.6 Å². The monoisotopic (exact) mass is 248 g/mol. The van der Waals surface area contributed by atoms with E-state index in [2.05, 4.69) is 4.98 Å². The molecule has 0 saturated heterocycles. The van der Waals surface area contributed by atoms with E-state index >= 15 is 0 Å². The Morgan fingerprint density at radius 1 is 1.44 bits per heavy atom. The summed E-state index contributed by atoms with van der Waals surface area (Å²) in [7, 11) is 0. The van der Waals surface area contributed by atoms with Crippen molar-refractivity contribution < 1.29 is 13.2 Å². The van der Waals surface area contributed by atoms with Gasteiger partial charge < -0.3 is 4.40 Å². The third kappa shape index (κ3) is 1.75. The number of hydrogen-bond acceptors (Lipinski definition) is 1. The average molecular weight is 249 g/mol. The van der Waals surface area contributed by atoms with Crippen LogP contribution in [0.1, 0.15) is 18.2 Å². The highest BCUT2D eigenvalue weighted by atomic mass is 35.5. The Morgan fingerprint density at radius 2 is 2.12 bits per heavy atom. The van der Waals surface area contributed by atoms with Crippen molar-refractivity contribution in [2.24, 2.45) is 0 Å². The molecule has 0 N–H and O–H groups in total. The summed E-state index contributed by atoms with van der Waals surface area (Å²) in [6, 6.07) is 1.56. The minimum absolute atomic E-state index is 0.266. The molecule has 0 radical (unpaired) electrons. The zero-order valence-electron chi connectivity index (χ0n) is 8.35. The number of pyridine rings is 1. The zero-order chi connectivity index (χ0) is 11.9. The molecule has 6 heteroatoms. The van der Waals surface area contributed by atoms with E-state index in [0.29, 0.717) is 17.0 Å². The number of nitrogens with zero attached hydrogens (tertiary/aromatic N) is 2. The fraction of sp³-hybridized carbons (Fsp3) is 0.300. The van der Waals surface area contributed by atoms with E-state index in [1.807, 2.05) is 6.92 Å². The van der Waals surface area contributed by atoms with Gasteiger partial charge in [-0.05, 0) is 12.5 Å². The molecule has 0 aliphatic carbocycles. The van der Waals surface area contributed by atoms with Gasteiger partial charge in [0.05, 0.1) is 0 Å². The number of aryl methyl sites for hydroxylation is 1. The van der Waals surface area contributed by atoms with Crippen LogP contribution >= 0.6 is 11.6 Å². The summed E-state index contributed by atoms with van der Waals surface area (Å²) in [6.07, 6.45) is -1.45. The van der Waals surface area contributed by atoms with E-state index in [1.54, 1.807) is 6.07 Å². The van der Waals surface area contributed by atoms with Crippen LogP contribution in [0.15, 0.2) is 18.5 Å². The van der Waals surface area contributed by atoms with Crippen LogP contribution in [0.5, 0.6) is 0 Å². The van der Waals surface area contributed by atoms with Crippen LogP contribution < -0.4 is 0 Å². The first-order valence-electron chi connectivity index (χ1n) is 4.66. The minimum Gasteiger partial charge on any atom is -0.306 e. The van der Waals surface area contributed by atoms with Gasteiger partial charge in [-0.15, -0.1) is 0 Å². The number of rotatable bonds is 1. The molecule has 0 aromatic carbocycles. The van der Waals surface area contributed by atoms with E-state index in [9.17, 15) is 13.2 Å². The van der Waals surface area contributed by atoms with Gasteiger partial charge in [-0.25, -0.2) is 4.98 Å². The highest BCUT2D eigenvalue weighted by Gasteiger charge is 2.34. The maximum atomic E-state index is 12.5. The molecular weight excluding hydrogens is 241 g/mol. The van der Waals surface area contributed by atoms with Crippen molar-refractivity contribution in [3.63, 3.8) is 0 Å². The molecule has 0 saturated carbocycles. The van der Waals surface area contributed by atoms with Crippen molar-refractivity contribution in [2.45, 2.75) is 19.5 Å². The van der Waals surface area contributed by atoms with Gasteiger partial charge in [0, 0.05) is 23.0 Å². The number of halogens is 4. The summed E-state index contributed by atoms with van der Waals surface area (Å²) in [5.41, 5.74) is -0.00791. The van der Waals surface area contributed by atoms with E-state index in [4.69, 9.17) is 11.6 Å². The smallest absolute Gasteiger partial charge is 0.306 e. The molecule has 0 atom stereocenters. The van der Waals surface area contributed by atoms with Crippen LogP contribution in [0.2, 0.25) is 5.02 Å². The van der Waals surface area contributed by atoms with E-state index < -0.39 is 11.9 Å². The van der Waals surface area contributed by atoms with Crippen LogP contribution in [0, 0.1) is 0 Å². The van der Waals surface area contributed by atoms with Crippen molar-refractivity contribution in [1.82, 2.24) is 9.38 Å². The first-order valence-corrected chi connectivity index (χ1v) is 5.04. The van der Waals surface area contributed by atoms with Crippen LogP contribution in [-0.4, -0.2) is 9.38 Å². The summed E-state index contributed by atoms with van der Waals surface area (Å²) in [5.74, 6) is 0. The van der Waals surface area contributed by atoms with Gasteiger partial charge in [-0.1, -0.05) is 18.5 Å². The summed E-state index contributed by atoms with van der Waals surface area (Å²) in [4.78, 5) is 3.57. The topological polar surface area (TPSA) is 17.3 Å². The molecule has 0 bridgehead atoms. The van der Waals surface area contributed by atoms with Gasteiger partial charge in [-0.2, -0.15) is 13.2 Å². The van der Waals surface area contributed by atoms with Gasteiger partial charge in [0.15, 0.2) is 5.69 Å². The fourth-order valence-electron chi connectivity index (χ4n) is 1.55. The van der Waals surface area contributed by atoms with Gasteiger partial charge in [0.2, 0.25) is 0 Å². The molecule has 0 fully saturated rings. The zero-order valence-corrected chi connectivity index (χ0v) is 9.10. The molecule has 0 amide bonds. The van der Waals surface area contributed by atoms with Gasteiger partial charge in [0.25, 0.3) is 0 Å². The third-order valence-corrected chi connectivity index (χ3v) is 2.67. The molecule has 2 rings (SSSR count). The summed E-state index contributed by atoms with van der Waals surface area (Å²) < 4.78 is 38.7. The Labute approximate surface area is 94.7 Å². The summed E-state index contributed by atoms with van der Waals surface area (Å²) in [5, 5.41) is 0.439. The Bertz CT molecular complexity index is 531. The van der Waals surface area contributed by atoms with Crippen molar-refractivity contribution >= 4 is 17.2 Å². The van der Waals surface area contributed by atoms with E-state index in [0.717, 1.165) is 6.20 Å². The highest BCUT2D eigenvalue weighted by Crippen LogP contribution is 2.30.